The molecule has 3 aromatic carbocycles. The molecule has 5 rings (SSSR count). The molecule has 0 radical (unpaired) electrons. The molecule has 0 fully saturated rings. The summed E-state index contributed by atoms with van der Waals surface area (Å²) in [7, 11) is 4.55. The van der Waals surface area contributed by atoms with Crippen molar-refractivity contribution in [3.05, 3.63) is 95.0 Å². The summed E-state index contributed by atoms with van der Waals surface area (Å²) in [4.78, 5) is 21.6. The minimum absolute atomic E-state index is 0.0368. The lowest BCUT2D eigenvalue weighted by molar-refractivity contribution is 0.358. The molecule has 8 nitrogen and oxygen atoms in total. The summed E-state index contributed by atoms with van der Waals surface area (Å²) < 4.78 is 46.6. The van der Waals surface area contributed by atoms with Gasteiger partial charge < -0.3 is 19.5 Å². The van der Waals surface area contributed by atoms with Gasteiger partial charge in [-0.2, -0.15) is 0 Å². The molecule has 0 atom stereocenters. The Morgan fingerprint density at radius 1 is 0.895 bits per heavy atom. The Bertz CT molecular complexity index is 1720. The van der Waals surface area contributed by atoms with Crippen LogP contribution in [0, 0.1) is 11.6 Å². The third-order valence-corrected chi connectivity index (χ3v) is 5.93. The van der Waals surface area contributed by atoms with E-state index in [1.165, 1.54) is 62.5 Å². The molecule has 10 heteroatoms. The van der Waals surface area contributed by atoms with Gasteiger partial charge in [-0.05, 0) is 54.1 Å². The van der Waals surface area contributed by atoms with Gasteiger partial charge in [-0.1, -0.05) is 12.1 Å². The van der Waals surface area contributed by atoms with Gasteiger partial charge in [0.25, 0.3) is 5.56 Å². The highest BCUT2D eigenvalue weighted by atomic mass is 19.1. The number of hydrogen-bond acceptors (Lipinski definition) is 7. The van der Waals surface area contributed by atoms with E-state index < -0.39 is 17.2 Å². The fraction of sp³-hybridized carbons (Fsp3) is 0.107. The van der Waals surface area contributed by atoms with Crippen molar-refractivity contribution in [1.29, 1.82) is 0 Å². The van der Waals surface area contributed by atoms with Gasteiger partial charge in [0.2, 0.25) is 5.95 Å². The summed E-state index contributed by atoms with van der Waals surface area (Å²) in [6.07, 6.45) is 2.87. The molecule has 192 valence electrons. The highest BCUT2D eigenvalue weighted by molar-refractivity contribution is 5.92. The fourth-order valence-electron chi connectivity index (χ4n) is 4.02. The van der Waals surface area contributed by atoms with Crippen LogP contribution in [0.1, 0.15) is 0 Å². The van der Waals surface area contributed by atoms with Gasteiger partial charge in [0.15, 0.2) is 23.1 Å². The first-order chi connectivity index (χ1) is 18.4. The van der Waals surface area contributed by atoms with E-state index in [2.05, 4.69) is 15.3 Å². The summed E-state index contributed by atoms with van der Waals surface area (Å²) >= 11 is 0. The molecule has 0 aliphatic carbocycles. The van der Waals surface area contributed by atoms with Crippen molar-refractivity contribution in [1.82, 2.24) is 14.5 Å². The van der Waals surface area contributed by atoms with Crippen LogP contribution >= 0.6 is 0 Å². The molecular weight excluding hydrogens is 494 g/mol. The Morgan fingerprint density at radius 2 is 1.71 bits per heavy atom. The normalized spacial score (nSPS) is 10.9. The molecule has 2 aromatic heterocycles. The summed E-state index contributed by atoms with van der Waals surface area (Å²) in [5.41, 5.74) is 1.05. The van der Waals surface area contributed by atoms with Crippen LogP contribution < -0.4 is 25.1 Å². The van der Waals surface area contributed by atoms with Crippen LogP contribution in [0.25, 0.3) is 22.0 Å². The van der Waals surface area contributed by atoms with Crippen LogP contribution in [0.3, 0.4) is 0 Å². The average Bonchev–Trinajstić information content (AvgIpc) is 2.92. The number of methoxy groups -OCH3 is 2. The Hall–Kier alpha value is -4.99. The van der Waals surface area contributed by atoms with E-state index in [1.54, 1.807) is 36.4 Å². The van der Waals surface area contributed by atoms with Crippen molar-refractivity contribution in [3.63, 3.8) is 0 Å². The van der Waals surface area contributed by atoms with E-state index in [9.17, 15) is 9.18 Å². The van der Waals surface area contributed by atoms with Gasteiger partial charge in [0.1, 0.15) is 17.1 Å². The second-order valence-electron chi connectivity index (χ2n) is 8.25. The molecule has 5 aromatic rings. The van der Waals surface area contributed by atoms with Gasteiger partial charge in [0, 0.05) is 30.5 Å². The van der Waals surface area contributed by atoms with Gasteiger partial charge in [-0.3, -0.25) is 14.3 Å². The zero-order valence-electron chi connectivity index (χ0n) is 20.7. The van der Waals surface area contributed by atoms with E-state index in [0.717, 1.165) is 0 Å². The zero-order valence-corrected chi connectivity index (χ0v) is 20.7. The Kier molecular flexibility index (Phi) is 6.61. The van der Waals surface area contributed by atoms with Gasteiger partial charge in [-0.15, -0.1) is 0 Å². The third-order valence-electron chi connectivity index (χ3n) is 5.93. The van der Waals surface area contributed by atoms with Gasteiger partial charge in [-0.25, -0.2) is 13.8 Å². The molecule has 0 spiro atoms. The first-order valence-electron chi connectivity index (χ1n) is 11.5. The Balaban J connectivity index is 1.44. The first kappa shape index (κ1) is 24.7. The summed E-state index contributed by atoms with van der Waals surface area (Å²) in [6.45, 7) is 0. The lowest BCUT2D eigenvalue weighted by Gasteiger charge is -2.14. The highest BCUT2D eigenvalue weighted by Crippen LogP contribution is 2.39. The molecule has 0 amide bonds. The van der Waals surface area contributed by atoms with Gasteiger partial charge >= 0.3 is 0 Å². The maximum absolute atomic E-state index is 15.2. The quantitative estimate of drug-likeness (QED) is 0.291. The van der Waals surface area contributed by atoms with Crippen LogP contribution in [0.2, 0.25) is 0 Å². The molecule has 0 saturated heterocycles. The molecule has 38 heavy (non-hydrogen) atoms. The number of pyridine rings is 1. The molecule has 2 heterocycles. The monoisotopic (exact) mass is 516 g/mol. The number of halogens is 2. The predicted molar refractivity (Wildman–Crippen MR) is 139 cm³/mol. The van der Waals surface area contributed by atoms with Crippen LogP contribution in [0.15, 0.2) is 77.9 Å². The Morgan fingerprint density at radius 3 is 2.45 bits per heavy atom. The summed E-state index contributed by atoms with van der Waals surface area (Å²) in [5.74, 6) is 0.391. The number of rotatable bonds is 7. The topological polar surface area (TPSA) is 87.5 Å². The number of hydrogen-bond donors (Lipinski definition) is 1. The largest absolute Gasteiger partial charge is 0.493 e. The van der Waals surface area contributed by atoms with Crippen molar-refractivity contribution in [2.24, 2.45) is 7.05 Å². The SMILES string of the molecule is COc1ccc2c(Oc3ccc(-c4cnc(Nc5cccc(F)c5)n(C)c4=O)cc3F)ccnc2c1OC. The lowest BCUT2D eigenvalue weighted by atomic mass is 10.1. The summed E-state index contributed by atoms with van der Waals surface area (Å²) in [5, 5.41) is 3.51. The smallest absolute Gasteiger partial charge is 0.262 e. The van der Waals surface area contributed by atoms with Gasteiger partial charge in [0.05, 0.1) is 19.8 Å². The summed E-state index contributed by atoms with van der Waals surface area (Å²) in [6, 6.07) is 15.1. The van der Waals surface area contributed by atoms with Crippen molar-refractivity contribution in [3.8, 4) is 34.1 Å². The molecular formula is C28H22F2N4O4. The predicted octanol–water partition coefficient (Wildman–Crippen LogP) is 5.83. The minimum Gasteiger partial charge on any atom is -0.493 e. The third kappa shape index (κ3) is 4.59. The zero-order chi connectivity index (χ0) is 26.8. The lowest BCUT2D eigenvalue weighted by Crippen LogP contribution is -2.22. The van der Waals surface area contributed by atoms with Crippen LogP contribution in [0.4, 0.5) is 20.4 Å². The van der Waals surface area contributed by atoms with Crippen molar-refractivity contribution < 1.29 is 23.0 Å². The van der Waals surface area contributed by atoms with Crippen molar-refractivity contribution in [2.75, 3.05) is 19.5 Å². The number of aromatic nitrogens is 3. The van der Waals surface area contributed by atoms with Crippen LogP contribution in [-0.4, -0.2) is 28.8 Å². The number of benzene rings is 3. The molecule has 0 aliphatic rings. The number of nitrogens with zero attached hydrogens (tertiary/aromatic N) is 3. The van der Waals surface area contributed by atoms with Crippen LogP contribution in [-0.2, 0) is 7.05 Å². The van der Waals surface area contributed by atoms with Crippen molar-refractivity contribution in [2.45, 2.75) is 0 Å². The molecule has 0 bridgehead atoms. The van der Waals surface area contributed by atoms with Crippen LogP contribution in [0.5, 0.6) is 23.0 Å². The van der Waals surface area contributed by atoms with E-state index in [-0.39, 0.29) is 17.3 Å². The number of fused-ring (bicyclic) bond motifs is 1. The van der Waals surface area contributed by atoms with E-state index in [0.29, 0.717) is 39.4 Å². The fourth-order valence-corrected chi connectivity index (χ4v) is 4.02. The number of anilines is 2. The Labute approximate surface area is 216 Å². The second kappa shape index (κ2) is 10.2. The van der Waals surface area contributed by atoms with E-state index in [1.807, 2.05) is 0 Å². The molecule has 0 aliphatic heterocycles. The highest BCUT2D eigenvalue weighted by Gasteiger charge is 2.16. The molecule has 1 N–H and O–H groups in total. The van der Waals surface area contributed by atoms with Crippen molar-refractivity contribution >= 4 is 22.5 Å². The maximum Gasteiger partial charge on any atom is 0.262 e. The second-order valence-corrected chi connectivity index (χ2v) is 8.25. The van der Waals surface area contributed by atoms with E-state index in [4.69, 9.17) is 14.2 Å². The minimum atomic E-state index is -0.669. The number of ether oxygens (including phenoxy) is 3. The molecule has 0 saturated carbocycles. The first-order valence-corrected chi connectivity index (χ1v) is 11.5. The van der Waals surface area contributed by atoms with E-state index >= 15 is 4.39 Å². The molecule has 0 unspecified atom stereocenters. The maximum atomic E-state index is 15.2. The average molecular weight is 517 g/mol. The number of nitrogens with one attached hydrogen (secondary N) is 1. The standard InChI is InChI=1S/C28H22F2N4O4/c1-34-27(35)20(15-32-28(34)33-18-6-4-5-17(29)14-18)16-7-9-23(21(30)13-16)38-22-11-12-31-25-19(22)8-10-24(36-2)26(25)37-3/h4-15H,1-3H3,(H,32,33).